The fourth-order valence-electron chi connectivity index (χ4n) is 1.17. The normalized spacial score (nSPS) is 13.5. The van der Waals surface area contributed by atoms with E-state index in [1.807, 2.05) is 0 Å². The van der Waals surface area contributed by atoms with Crippen LogP contribution in [0.5, 0.6) is 0 Å². The molecule has 7 heteroatoms. The highest BCUT2D eigenvalue weighted by Crippen LogP contribution is 2.32. The number of carboxylic acids is 1. The molecule has 0 spiro atoms. The number of halogens is 5. The Balaban J connectivity index is 2.95. The Bertz CT molecular complexity index is 432. The third-order valence-electron chi connectivity index (χ3n) is 2.05. The van der Waals surface area contributed by atoms with Crippen molar-refractivity contribution in [1.29, 1.82) is 0 Å². The van der Waals surface area contributed by atoms with Gasteiger partial charge in [0.15, 0.2) is 0 Å². The smallest absolute Gasteiger partial charge is 0.416 e. The Labute approximate surface area is 105 Å². The van der Waals surface area contributed by atoms with Crippen LogP contribution in [-0.4, -0.2) is 16.5 Å². The van der Waals surface area contributed by atoms with E-state index in [9.17, 15) is 18.0 Å². The van der Waals surface area contributed by atoms with E-state index < -0.39 is 23.1 Å². The topological polar surface area (TPSA) is 37.3 Å². The Morgan fingerprint density at radius 3 is 2.41 bits per heavy atom. The van der Waals surface area contributed by atoms with Gasteiger partial charge in [-0.25, -0.2) is 0 Å². The van der Waals surface area contributed by atoms with Crippen molar-refractivity contribution in [2.75, 3.05) is 0 Å². The Hall–Kier alpha value is -0.940. The van der Waals surface area contributed by atoms with Crippen molar-refractivity contribution in [2.24, 2.45) is 0 Å². The number of aliphatic carboxylic acids is 1. The van der Waals surface area contributed by atoms with Crippen LogP contribution in [-0.2, 0) is 17.4 Å². The van der Waals surface area contributed by atoms with Crippen LogP contribution < -0.4 is 0 Å². The minimum Gasteiger partial charge on any atom is -0.480 e. The van der Waals surface area contributed by atoms with Gasteiger partial charge in [-0.15, -0.1) is 11.6 Å². The number of hydrogen-bond donors (Lipinski definition) is 1. The number of rotatable bonds is 3. The van der Waals surface area contributed by atoms with E-state index >= 15 is 0 Å². The SMILES string of the molecule is O=C(O)C(Cl)Cc1ccc(C(F)(F)F)cc1Cl. The molecule has 0 bridgehead atoms. The molecule has 0 aliphatic heterocycles. The highest BCUT2D eigenvalue weighted by molar-refractivity contribution is 6.32. The average molecular weight is 287 g/mol. The summed E-state index contributed by atoms with van der Waals surface area (Å²) in [5.41, 5.74) is -0.616. The van der Waals surface area contributed by atoms with E-state index in [1.54, 1.807) is 0 Å². The van der Waals surface area contributed by atoms with Crippen LogP contribution in [0.25, 0.3) is 0 Å². The molecule has 0 heterocycles. The first-order valence-corrected chi connectivity index (χ1v) is 5.25. The highest BCUT2D eigenvalue weighted by atomic mass is 35.5. The predicted molar refractivity (Wildman–Crippen MR) is 57.4 cm³/mol. The molecule has 0 saturated carbocycles. The Morgan fingerprint density at radius 1 is 1.41 bits per heavy atom. The number of carboxylic acid groups (broad SMARTS) is 1. The van der Waals surface area contributed by atoms with Gasteiger partial charge in [-0.05, 0) is 17.7 Å². The molecule has 2 nitrogen and oxygen atoms in total. The van der Waals surface area contributed by atoms with Gasteiger partial charge in [-0.3, -0.25) is 4.79 Å². The summed E-state index contributed by atoms with van der Waals surface area (Å²) < 4.78 is 36.9. The molecule has 0 radical (unpaired) electrons. The Morgan fingerprint density at radius 2 is 2.00 bits per heavy atom. The molecule has 0 fully saturated rings. The second kappa shape index (κ2) is 5.14. The van der Waals surface area contributed by atoms with Gasteiger partial charge < -0.3 is 5.11 Å². The quantitative estimate of drug-likeness (QED) is 0.862. The van der Waals surface area contributed by atoms with Crippen molar-refractivity contribution in [3.05, 3.63) is 34.3 Å². The summed E-state index contributed by atoms with van der Waals surface area (Å²) >= 11 is 11.1. The molecule has 1 aromatic rings. The fraction of sp³-hybridized carbons (Fsp3) is 0.300. The lowest BCUT2D eigenvalue weighted by Crippen LogP contribution is -2.16. The third kappa shape index (κ3) is 3.78. The Kier molecular flexibility index (Phi) is 4.27. The lowest BCUT2D eigenvalue weighted by Gasteiger charge is -2.10. The van der Waals surface area contributed by atoms with Crippen molar-refractivity contribution < 1.29 is 23.1 Å². The van der Waals surface area contributed by atoms with E-state index in [0.29, 0.717) is 0 Å². The van der Waals surface area contributed by atoms with Crippen molar-refractivity contribution in [3.8, 4) is 0 Å². The maximum absolute atomic E-state index is 12.3. The molecule has 1 unspecified atom stereocenters. The van der Waals surface area contributed by atoms with Gasteiger partial charge in [0.05, 0.1) is 5.56 Å². The molecule has 1 aromatic carbocycles. The number of alkyl halides is 4. The molecule has 1 rings (SSSR count). The first-order valence-electron chi connectivity index (χ1n) is 4.44. The van der Waals surface area contributed by atoms with Crippen LogP contribution in [0.4, 0.5) is 13.2 Å². The molecule has 1 atom stereocenters. The highest BCUT2D eigenvalue weighted by Gasteiger charge is 2.31. The summed E-state index contributed by atoms with van der Waals surface area (Å²) in [6.07, 6.45) is -4.61. The molecule has 0 aromatic heterocycles. The molecule has 1 N–H and O–H groups in total. The largest absolute Gasteiger partial charge is 0.480 e. The van der Waals surface area contributed by atoms with E-state index in [-0.39, 0.29) is 17.0 Å². The summed E-state index contributed by atoms with van der Waals surface area (Å²) in [5.74, 6) is -1.25. The summed E-state index contributed by atoms with van der Waals surface area (Å²) in [4.78, 5) is 10.5. The zero-order valence-electron chi connectivity index (χ0n) is 8.26. The number of carbonyl (C=O) groups is 1. The maximum atomic E-state index is 12.3. The van der Waals surface area contributed by atoms with Crippen LogP contribution in [0.2, 0.25) is 5.02 Å². The lowest BCUT2D eigenvalue weighted by atomic mass is 10.1. The zero-order valence-corrected chi connectivity index (χ0v) is 9.77. The van der Waals surface area contributed by atoms with Gasteiger partial charge in [-0.2, -0.15) is 13.2 Å². The molecule has 0 aliphatic carbocycles. The summed E-state index contributed by atoms with van der Waals surface area (Å²) in [5, 5.41) is 7.20. The molecular formula is C10H7Cl2F3O2. The summed E-state index contributed by atoms with van der Waals surface area (Å²) in [7, 11) is 0. The zero-order chi connectivity index (χ0) is 13.2. The lowest BCUT2D eigenvalue weighted by molar-refractivity contribution is -0.138. The van der Waals surface area contributed by atoms with Gasteiger partial charge in [0, 0.05) is 11.4 Å². The predicted octanol–water partition coefficient (Wildman–Crippen LogP) is 3.59. The minimum atomic E-state index is -4.48. The van der Waals surface area contributed by atoms with Crippen LogP contribution in [0, 0.1) is 0 Å². The van der Waals surface area contributed by atoms with Gasteiger partial charge in [0.25, 0.3) is 0 Å². The van der Waals surface area contributed by atoms with Crippen LogP contribution >= 0.6 is 23.2 Å². The second-order valence-corrected chi connectivity index (χ2v) is 4.25. The van der Waals surface area contributed by atoms with E-state index in [0.717, 1.165) is 18.2 Å². The van der Waals surface area contributed by atoms with E-state index in [4.69, 9.17) is 28.3 Å². The number of hydrogen-bond acceptors (Lipinski definition) is 1. The van der Waals surface area contributed by atoms with Gasteiger partial charge in [0.2, 0.25) is 0 Å². The summed E-state index contributed by atoms with van der Waals surface area (Å²) in [6, 6.07) is 2.72. The molecule has 0 amide bonds. The van der Waals surface area contributed by atoms with Crippen LogP contribution in [0.3, 0.4) is 0 Å². The maximum Gasteiger partial charge on any atom is 0.416 e. The van der Waals surface area contributed by atoms with Crippen molar-refractivity contribution in [2.45, 2.75) is 18.0 Å². The van der Waals surface area contributed by atoms with E-state index in [1.165, 1.54) is 0 Å². The monoisotopic (exact) mass is 286 g/mol. The van der Waals surface area contributed by atoms with Crippen LogP contribution in [0.1, 0.15) is 11.1 Å². The van der Waals surface area contributed by atoms with E-state index in [2.05, 4.69) is 0 Å². The molecule has 17 heavy (non-hydrogen) atoms. The van der Waals surface area contributed by atoms with Crippen LogP contribution in [0.15, 0.2) is 18.2 Å². The first kappa shape index (κ1) is 14.1. The third-order valence-corrected chi connectivity index (χ3v) is 2.74. The van der Waals surface area contributed by atoms with Gasteiger partial charge >= 0.3 is 12.1 Å². The molecule has 0 saturated heterocycles. The van der Waals surface area contributed by atoms with Gasteiger partial charge in [-0.1, -0.05) is 17.7 Å². The second-order valence-electron chi connectivity index (χ2n) is 3.31. The first-order chi connectivity index (χ1) is 7.71. The minimum absolute atomic E-state index is 0.131. The van der Waals surface area contributed by atoms with Gasteiger partial charge in [0.1, 0.15) is 5.38 Å². The van der Waals surface area contributed by atoms with Crippen molar-refractivity contribution >= 4 is 29.2 Å². The molecule has 0 aliphatic rings. The summed E-state index contributed by atoms with van der Waals surface area (Å²) in [6.45, 7) is 0. The van der Waals surface area contributed by atoms with Crippen molar-refractivity contribution in [3.63, 3.8) is 0 Å². The molecular weight excluding hydrogens is 280 g/mol. The fourth-order valence-corrected chi connectivity index (χ4v) is 1.59. The average Bonchev–Trinajstić information content (AvgIpc) is 2.19. The number of benzene rings is 1. The molecule has 94 valence electrons. The van der Waals surface area contributed by atoms with Crippen molar-refractivity contribution in [1.82, 2.24) is 0 Å². The standard InChI is InChI=1S/C10H7Cl2F3O2/c11-7-4-6(10(13,14)15)2-1-5(7)3-8(12)9(16)17/h1-2,4,8H,3H2,(H,16,17).